The molecule has 0 N–H and O–H groups in total. The summed E-state index contributed by atoms with van der Waals surface area (Å²) in [7, 11) is 2.13. The van der Waals surface area contributed by atoms with Gasteiger partial charge in [-0.2, -0.15) is 0 Å². The van der Waals surface area contributed by atoms with Gasteiger partial charge in [-0.25, -0.2) is 9.97 Å². The third-order valence-corrected chi connectivity index (χ3v) is 4.50. The highest BCUT2D eigenvalue weighted by Crippen LogP contribution is 2.22. The molecule has 3 heterocycles. The Kier molecular flexibility index (Phi) is 4.38. The predicted molar refractivity (Wildman–Crippen MR) is 84.7 cm³/mol. The van der Waals surface area contributed by atoms with Crippen LogP contribution in [0.2, 0.25) is 0 Å². The van der Waals surface area contributed by atoms with Crippen LogP contribution in [0.25, 0.3) is 0 Å². The Hall–Kier alpha value is -1.95. The van der Waals surface area contributed by atoms with Gasteiger partial charge in [-0.3, -0.25) is 4.90 Å². The van der Waals surface area contributed by atoms with Crippen LogP contribution in [0, 0.1) is 13.8 Å². The zero-order valence-electron chi connectivity index (χ0n) is 13.5. The van der Waals surface area contributed by atoms with Gasteiger partial charge in [0.2, 0.25) is 0 Å². The van der Waals surface area contributed by atoms with Gasteiger partial charge in [0.25, 0.3) is 0 Å². The van der Waals surface area contributed by atoms with Gasteiger partial charge < -0.3 is 9.42 Å². The minimum Gasteiger partial charge on any atom is -0.361 e. The molecule has 2 aromatic heterocycles. The fourth-order valence-corrected chi connectivity index (χ4v) is 3.00. The van der Waals surface area contributed by atoms with Crippen molar-refractivity contribution in [1.82, 2.24) is 20.0 Å². The van der Waals surface area contributed by atoms with Crippen molar-refractivity contribution in [1.29, 1.82) is 0 Å². The van der Waals surface area contributed by atoms with Crippen molar-refractivity contribution < 1.29 is 4.52 Å². The Morgan fingerprint density at radius 3 is 2.68 bits per heavy atom. The van der Waals surface area contributed by atoms with Crippen LogP contribution in [-0.2, 0) is 6.54 Å². The van der Waals surface area contributed by atoms with E-state index in [-0.39, 0.29) is 0 Å². The minimum atomic E-state index is 0.536. The van der Waals surface area contributed by atoms with Crippen LogP contribution in [0.1, 0.15) is 29.9 Å². The molecule has 2 aromatic rings. The van der Waals surface area contributed by atoms with E-state index in [9.17, 15) is 0 Å². The molecular formula is C16H23N5O. The summed E-state index contributed by atoms with van der Waals surface area (Å²) in [6.45, 7) is 7.08. The Labute approximate surface area is 131 Å². The molecule has 0 radical (unpaired) electrons. The van der Waals surface area contributed by atoms with Crippen molar-refractivity contribution in [3.8, 4) is 0 Å². The molecule has 0 bridgehead atoms. The number of aryl methyl sites for hydroxylation is 2. The molecule has 0 spiro atoms. The first-order valence-electron chi connectivity index (χ1n) is 7.77. The number of rotatable bonds is 4. The van der Waals surface area contributed by atoms with E-state index in [1.165, 1.54) is 5.56 Å². The van der Waals surface area contributed by atoms with E-state index >= 15 is 0 Å². The summed E-state index contributed by atoms with van der Waals surface area (Å²) in [5.41, 5.74) is 2.20. The average Bonchev–Trinajstić information content (AvgIpc) is 2.92. The molecule has 118 valence electrons. The van der Waals surface area contributed by atoms with Crippen LogP contribution in [0.5, 0.6) is 0 Å². The fraction of sp³-hybridized carbons (Fsp3) is 0.562. The maximum Gasteiger partial charge on any atom is 0.138 e. The molecule has 1 aliphatic heterocycles. The van der Waals surface area contributed by atoms with Crippen molar-refractivity contribution in [2.75, 3.05) is 25.0 Å². The van der Waals surface area contributed by atoms with Crippen LogP contribution >= 0.6 is 0 Å². The van der Waals surface area contributed by atoms with Gasteiger partial charge in [-0.1, -0.05) is 5.16 Å². The zero-order chi connectivity index (χ0) is 15.5. The summed E-state index contributed by atoms with van der Waals surface area (Å²) in [6.07, 6.45) is 5.76. The monoisotopic (exact) mass is 301 g/mol. The van der Waals surface area contributed by atoms with Crippen molar-refractivity contribution in [2.24, 2.45) is 0 Å². The Morgan fingerprint density at radius 1 is 1.27 bits per heavy atom. The fourth-order valence-electron chi connectivity index (χ4n) is 3.00. The lowest BCUT2D eigenvalue weighted by atomic mass is 10.0. The molecular weight excluding hydrogens is 278 g/mol. The SMILES string of the molecule is Cc1cc(N(C)C2CCN(Cc3cnoc3C)CC2)ncn1. The molecule has 6 heteroatoms. The molecule has 1 saturated heterocycles. The standard InChI is InChI=1S/C16H23N5O/c1-12-8-16(18-11-17-12)20(3)15-4-6-21(7-5-15)10-14-9-19-22-13(14)2/h8-9,11,15H,4-7,10H2,1-3H3. The third kappa shape index (κ3) is 3.27. The Morgan fingerprint density at radius 2 is 2.05 bits per heavy atom. The summed E-state index contributed by atoms with van der Waals surface area (Å²) in [4.78, 5) is 13.3. The van der Waals surface area contributed by atoms with Gasteiger partial charge in [-0.15, -0.1) is 0 Å². The van der Waals surface area contributed by atoms with Crippen LogP contribution in [0.3, 0.4) is 0 Å². The first-order valence-corrected chi connectivity index (χ1v) is 7.77. The molecule has 1 aliphatic rings. The molecule has 3 rings (SSSR count). The van der Waals surface area contributed by atoms with Gasteiger partial charge in [-0.05, 0) is 26.7 Å². The molecule has 6 nitrogen and oxygen atoms in total. The average molecular weight is 301 g/mol. The third-order valence-electron chi connectivity index (χ3n) is 4.50. The number of aromatic nitrogens is 3. The summed E-state index contributed by atoms with van der Waals surface area (Å²) in [5, 5.41) is 3.85. The summed E-state index contributed by atoms with van der Waals surface area (Å²) in [6, 6.07) is 2.58. The van der Waals surface area contributed by atoms with Crippen LogP contribution < -0.4 is 4.90 Å². The lowest BCUT2D eigenvalue weighted by molar-refractivity contribution is 0.202. The normalized spacial score (nSPS) is 16.9. The quantitative estimate of drug-likeness (QED) is 0.862. The molecule has 0 unspecified atom stereocenters. The number of likely N-dealkylation sites (tertiary alicyclic amines) is 1. The summed E-state index contributed by atoms with van der Waals surface area (Å²) < 4.78 is 5.14. The molecule has 0 aromatic carbocycles. The number of hydrogen-bond acceptors (Lipinski definition) is 6. The van der Waals surface area contributed by atoms with E-state index in [0.717, 1.165) is 49.7 Å². The van der Waals surface area contributed by atoms with Gasteiger partial charge in [0.15, 0.2) is 0 Å². The second kappa shape index (κ2) is 6.44. The largest absolute Gasteiger partial charge is 0.361 e. The number of anilines is 1. The number of hydrogen-bond donors (Lipinski definition) is 0. The van der Waals surface area contributed by atoms with Gasteiger partial charge >= 0.3 is 0 Å². The van der Waals surface area contributed by atoms with E-state index in [2.05, 4.69) is 32.0 Å². The molecule has 22 heavy (non-hydrogen) atoms. The lowest BCUT2D eigenvalue weighted by Gasteiger charge is -2.37. The molecule has 0 amide bonds. The first kappa shape index (κ1) is 15.0. The molecule has 1 fully saturated rings. The second-order valence-electron chi connectivity index (χ2n) is 6.04. The van der Waals surface area contributed by atoms with Gasteiger partial charge in [0.1, 0.15) is 17.9 Å². The zero-order valence-corrected chi connectivity index (χ0v) is 13.5. The van der Waals surface area contributed by atoms with Gasteiger partial charge in [0, 0.05) is 50.0 Å². The summed E-state index contributed by atoms with van der Waals surface area (Å²) in [5.74, 6) is 1.94. The Balaban J connectivity index is 1.56. The molecule has 0 aliphatic carbocycles. The van der Waals surface area contributed by atoms with Gasteiger partial charge in [0.05, 0.1) is 6.20 Å². The highest BCUT2D eigenvalue weighted by atomic mass is 16.5. The van der Waals surface area contributed by atoms with Crippen molar-refractivity contribution in [3.05, 3.63) is 35.6 Å². The maximum absolute atomic E-state index is 5.14. The number of piperidine rings is 1. The van der Waals surface area contributed by atoms with Crippen LogP contribution in [0.4, 0.5) is 5.82 Å². The topological polar surface area (TPSA) is 58.3 Å². The summed E-state index contributed by atoms with van der Waals surface area (Å²) >= 11 is 0. The van der Waals surface area contributed by atoms with E-state index < -0.39 is 0 Å². The lowest BCUT2D eigenvalue weighted by Crippen LogP contribution is -2.43. The van der Waals surface area contributed by atoms with E-state index in [0.29, 0.717) is 6.04 Å². The number of nitrogens with zero attached hydrogens (tertiary/aromatic N) is 5. The van der Waals surface area contributed by atoms with E-state index in [4.69, 9.17) is 4.52 Å². The van der Waals surface area contributed by atoms with Crippen molar-refractivity contribution in [3.63, 3.8) is 0 Å². The first-order chi connectivity index (χ1) is 10.6. The highest BCUT2D eigenvalue weighted by Gasteiger charge is 2.24. The predicted octanol–water partition coefficient (Wildman–Crippen LogP) is 2.18. The highest BCUT2D eigenvalue weighted by molar-refractivity contribution is 5.39. The molecule has 0 saturated carbocycles. The smallest absolute Gasteiger partial charge is 0.138 e. The minimum absolute atomic E-state index is 0.536. The van der Waals surface area contributed by atoms with Crippen molar-refractivity contribution >= 4 is 5.82 Å². The molecule has 0 atom stereocenters. The Bertz CT molecular complexity index is 619. The van der Waals surface area contributed by atoms with Crippen LogP contribution in [0.15, 0.2) is 23.1 Å². The second-order valence-corrected chi connectivity index (χ2v) is 6.04. The van der Waals surface area contributed by atoms with E-state index in [1.807, 2.05) is 26.1 Å². The van der Waals surface area contributed by atoms with E-state index in [1.54, 1.807) is 6.33 Å². The maximum atomic E-state index is 5.14. The van der Waals surface area contributed by atoms with Crippen molar-refractivity contribution in [2.45, 2.75) is 39.3 Å². The van der Waals surface area contributed by atoms with Crippen LogP contribution in [-0.4, -0.2) is 46.2 Å².